The Morgan fingerprint density at radius 3 is 3.12 bits per heavy atom. The summed E-state index contributed by atoms with van der Waals surface area (Å²) < 4.78 is 7.52. The number of hydrogen-bond donors (Lipinski definition) is 1. The number of carbonyl (C=O) groups excluding carboxylic acids is 1. The molecule has 3 rings (SSSR count). The zero-order chi connectivity index (χ0) is 16.9. The van der Waals surface area contributed by atoms with Gasteiger partial charge in [0.15, 0.2) is 5.82 Å². The van der Waals surface area contributed by atoms with Gasteiger partial charge in [0.1, 0.15) is 6.33 Å². The fraction of sp³-hybridized carbons (Fsp3) is 0.562. The standard InChI is InChI=1S/C16H23N5O2S/c1-12(15-19-17-11-20(15)2)18-16(22)21(9-13-5-3-7-23-13)10-14-6-4-8-24-14/h4,6,8,11-13H,3,5,7,9-10H2,1-2H3,(H,18,22). The van der Waals surface area contributed by atoms with Crippen molar-refractivity contribution in [2.75, 3.05) is 13.2 Å². The summed E-state index contributed by atoms with van der Waals surface area (Å²) in [5, 5.41) is 13.0. The van der Waals surface area contributed by atoms with Gasteiger partial charge in [-0.2, -0.15) is 0 Å². The molecule has 1 aliphatic rings. The van der Waals surface area contributed by atoms with Gasteiger partial charge in [-0.05, 0) is 31.2 Å². The van der Waals surface area contributed by atoms with Crippen molar-refractivity contribution in [2.24, 2.45) is 7.05 Å². The van der Waals surface area contributed by atoms with Crippen LogP contribution in [0.25, 0.3) is 0 Å². The van der Waals surface area contributed by atoms with Crippen LogP contribution in [0.5, 0.6) is 0 Å². The summed E-state index contributed by atoms with van der Waals surface area (Å²) in [5.74, 6) is 0.733. The van der Waals surface area contributed by atoms with Gasteiger partial charge in [0.25, 0.3) is 0 Å². The minimum atomic E-state index is -0.208. The van der Waals surface area contributed by atoms with Crippen molar-refractivity contribution in [3.05, 3.63) is 34.5 Å². The maximum Gasteiger partial charge on any atom is 0.318 e. The number of ether oxygens (including phenoxy) is 1. The summed E-state index contributed by atoms with van der Waals surface area (Å²) >= 11 is 1.66. The van der Waals surface area contributed by atoms with Crippen LogP contribution in [0, 0.1) is 0 Å². The molecule has 3 heterocycles. The van der Waals surface area contributed by atoms with E-state index in [-0.39, 0.29) is 18.2 Å². The Kier molecular flexibility index (Phi) is 5.47. The van der Waals surface area contributed by atoms with E-state index in [2.05, 4.69) is 15.5 Å². The third-order valence-electron chi connectivity index (χ3n) is 4.14. The lowest BCUT2D eigenvalue weighted by Gasteiger charge is -2.26. The van der Waals surface area contributed by atoms with Crippen LogP contribution in [0.2, 0.25) is 0 Å². The Morgan fingerprint density at radius 1 is 1.62 bits per heavy atom. The summed E-state index contributed by atoms with van der Waals surface area (Å²) in [6, 6.07) is 3.74. The highest BCUT2D eigenvalue weighted by Gasteiger charge is 2.25. The highest BCUT2D eigenvalue weighted by Crippen LogP contribution is 2.18. The minimum absolute atomic E-state index is 0.102. The third-order valence-corrected chi connectivity index (χ3v) is 5.00. The summed E-state index contributed by atoms with van der Waals surface area (Å²) in [6.45, 7) is 3.90. The predicted octanol–water partition coefficient (Wildman–Crippen LogP) is 2.33. The number of thiophene rings is 1. The molecule has 2 unspecified atom stereocenters. The van der Waals surface area contributed by atoms with E-state index in [4.69, 9.17) is 4.74 Å². The van der Waals surface area contributed by atoms with Crippen LogP contribution < -0.4 is 5.32 Å². The Morgan fingerprint density at radius 2 is 2.50 bits per heavy atom. The predicted molar refractivity (Wildman–Crippen MR) is 91.7 cm³/mol. The summed E-state index contributed by atoms with van der Waals surface area (Å²) in [4.78, 5) is 15.8. The van der Waals surface area contributed by atoms with Crippen LogP contribution in [0.4, 0.5) is 4.79 Å². The third kappa shape index (κ3) is 4.12. The molecule has 0 aliphatic carbocycles. The first kappa shape index (κ1) is 16.9. The normalized spacial score (nSPS) is 18.5. The van der Waals surface area contributed by atoms with Crippen LogP contribution in [0.15, 0.2) is 23.8 Å². The van der Waals surface area contributed by atoms with E-state index in [9.17, 15) is 4.79 Å². The summed E-state index contributed by atoms with van der Waals surface area (Å²) in [5.41, 5.74) is 0. The zero-order valence-electron chi connectivity index (χ0n) is 14.0. The molecule has 0 aromatic carbocycles. The lowest BCUT2D eigenvalue weighted by Crippen LogP contribution is -2.44. The second-order valence-corrected chi connectivity index (χ2v) is 7.10. The Balaban J connectivity index is 1.66. The smallest absolute Gasteiger partial charge is 0.318 e. The molecule has 130 valence electrons. The number of aryl methyl sites for hydroxylation is 1. The van der Waals surface area contributed by atoms with E-state index in [0.29, 0.717) is 13.1 Å². The molecule has 0 saturated carbocycles. The van der Waals surface area contributed by atoms with Gasteiger partial charge < -0.3 is 19.5 Å². The van der Waals surface area contributed by atoms with Gasteiger partial charge >= 0.3 is 6.03 Å². The highest BCUT2D eigenvalue weighted by atomic mass is 32.1. The molecular formula is C16H23N5O2S. The summed E-state index contributed by atoms with van der Waals surface area (Å²) in [6.07, 6.45) is 3.83. The average molecular weight is 349 g/mol. The molecule has 2 aromatic heterocycles. The second kappa shape index (κ2) is 7.76. The number of nitrogens with one attached hydrogen (secondary N) is 1. The number of hydrogen-bond acceptors (Lipinski definition) is 5. The fourth-order valence-electron chi connectivity index (χ4n) is 2.87. The molecule has 0 bridgehead atoms. The van der Waals surface area contributed by atoms with Crippen molar-refractivity contribution < 1.29 is 9.53 Å². The van der Waals surface area contributed by atoms with Crippen LogP contribution in [0.1, 0.15) is 36.5 Å². The average Bonchev–Trinajstić information content (AvgIpc) is 3.28. The maximum atomic E-state index is 12.8. The van der Waals surface area contributed by atoms with E-state index in [1.165, 1.54) is 0 Å². The van der Waals surface area contributed by atoms with Gasteiger partial charge in [0, 0.05) is 25.1 Å². The molecule has 24 heavy (non-hydrogen) atoms. The molecule has 8 heteroatoms. The van der Waals surface area contributed by atoms with E-state index in [0.717, 1.165) is 30.2 Å². The van der Waals surface area contributed by atoms with Gasteiger partial charge in [-0.25, -0.2) is 4.79 Å². The molecule has 1 N–H and O–H groups in total. The van der Waals surface area contributed by atoms with E-state index < -0.39 is 0 Å². The molecule has 1 fully saturated rings. The minimum Gasteiger partial charge on any atom is -0.376 e. The number of amides is 2. The number of urea groups is 1. The summed E-state index contributed by atoms with van der Waals surface area (Å²) in [7, 11) is 1.87. The van der Waals surface area contributed by atoms with E-state index in [1.54, 1.807) is 17.7 Å². The first-order chi connectivity index (χ1) is 11.6. The Hall–Kier alpha value is -1.93. The number of carbonyl (C=O) groups is 1. The molecule has 0 spiro atoms. The molecule has 0 radical (unpaired) electrons. The van der Waals surface area contributed by atoms with Gasteiger partial charge in [0.05, 0.1) is 18.7 Å². The molecule has 1 saturated heterocycles. The van der Waals surface area contributed by atoms with Crippen molar-refractivity contribution in [1.82, 2.24) is 25.0 Å². The molecule has 7 nitrogen and oxygen atoms in total. The zero-order valence-corrected chi connectivity index (χ0v) is 14.8. The molecule has 2 atom stereocenters. The Bertz CT molecular complexity index is 651. The van der Waals surface area contributed by atoms with Crippen LogP contribution in [-0.2, 0) is 18.3 Å². The first-order valence-corrected chi connectivity index (χ1v) is 9.04. The van der Waals surface area contributed by atoms with Crippen molar-refractivity contribution in [2.45, 2.75) is 38.5 Å². The Labute approximate surface area is 145 Å². The van der Waals surface area contributed by atoms with Crippen molar-refractivity contribution in [1.29, 1.82) is 0 Å². The van der Waals surface area contributed by atoms with Crippen molar-refractivity contribution in [3.8, 4) is 0 Å². The number of aromatic nitrogens is 3. The molecule has 1 aliphatic heterocycles. The SMILES string of the molecule is CC(NC(=O)N(Cc1cccs1)CC1CCCO1)c1nncn1C. The van der Waals surface area contributed by atoms with Gasteiger partial charge in [0.2, 0.25) is 0 Å². The number of nitrogens with zero attached hydrogens (tertiary/aromatic N) is 4. The maximum absolute atomic E-state index is 12.8. The topological polar surface area (TPSA) is 72.3 Å². The lowest BCUT2D eigenvalue weighted by molar-refractivity contribution is 0.0791. The second-order valence-electron chi connectivity index (χ2n) is 6.07. The van der Waals surface area contributed by atoms with Crippen LogP contribution >= 0.6 is 11.3 Å². The van der Waals surface area contributed by atoms with Gasteiger partial charge in [-0.15, -0.1) is 21.5 Å². The molecule has 2 aromatic rings. The van der Waals surface area contributed by atoms with Crippen LogP contribution in [0.3, 0.4) is 0 Å². The van der Waals surface area contributed by atoms with E-state index in [1.807, 2.05) is 41.0 Å². The highest BCUT2D eigenvalue weighted by molar-refractivity contribution is 7.09. The van der Waals surface area contributed by atoms with Crippen LogP contribution in [-0.4, -0.2) is 45.0 Å². The monoisotopic (exact) mass is 349 g/mol. The lowest BCUT2D eigenvalue weighted by atomic mass is 10.2. The number of rotatable bonds is 6. The van der Waals surface area contributed by atoms with Crippen molar-refractivity contribution >= 4 is 17.4 Å². The van der Waals surface area contributed by atoms with Crippen molar-refractivity contribution in [3.63, 3.8) is 0 Å². The quantitative estimate of drug-likeness (QED) is 0.869. The molecule has 2 amide bonds. The van der Waals surface area contributed by atoms with Gasteiger partial charge in [-0.1, -0.05) is 6.07 Å². The molecular weight excluding hydrogens is 326 g/mol. The van der Waals surface area contributed by atoms with Gasteiger partial charge in [-0.3, -0.25) is 0 Å². The fourth-order valence-corrected chi connectivity index (χ4v) is 3.59. The first-order valence-electron chi connectivity index (χ1n) is 8.17. The largest absolute Gasteiger partial charge is 0.376 e. The van der Waals surface area contributed by atoms with E-state index >= 15 is 0 Å².